The maximum atomic E-state index is 12.1. The first-order valence-electron chi connectivity index (χ1n) is 6.13. The molecule has 0 bridgehead atoms. The predicted octanol–water partition coefficient (Wildman–Crippen LogP) is 2.57. The molecule has 0 saturated carbocycles. The van der Waals surface area contributed by atoms with E-state index in [4.69, 9.17) is 11.6 Å². The van der Waals surface area contributed by atoms with Crippen molar-refractivity contribution in [3.8, 4) is 5.69 Å². The number of carbonyl (C=O) groups excluding carboxylic acids is 1. The lowest BCUT2D eigenvalue weighted by molar-refractivity contribution is 0.102. The first-order chi connectivity index (χ1) is 10.2. The number of aromatic nitrogens is 4. The third-order valence-electron chi connectivity index (χ3n) is 2.85. The van der Waals surface area contributed by atoms with Crippen LogP contribution in [-0.2, 0) is 0 Å². The Kier molecular flexibility index (Phi) is 3.61. The van der Waals surface area contributed by atoms with Gasteiger partial charge in [0.25, 0.3) is 5.91 Å². The lowest BCUT2D eigenvalue weighted by atomic mass is 10.2. The second-order valence-electron chi connectivity index (χ2n) is 4.26. The molecule has 0 aliphatic carbocycles. The van der Waals surface area contributed by atoms with Gasteiger partial charge in [0, 0.05) is 16.3 Å². The topological polar surface area (TPSA) is 72.7 Å². The highest BCUT2D eigenvalue weighted by molar-refractivity contribution is 6.30. The molecular weight excluding hydrogens is 290 g/mol. The van der Waals surface area contributed by atoms with Gasteiger partial charge in [0.05, 0.1) is 5.69 Å². The molecule has 1 aromatic heterocycles. The second kappa shape index (κ2) is 5.72. The Bertz CT molecular complexity index is 738. The van der Waals surface area contributed by atoms with Crippen LogP contribution in [0.5, 0.6) is 0 Å². The molecule has 1 amide bonds. The Balaban J connectivity index is 1.74. The molecule has 3 rings (SSSR count). The number of anilines is 1. The van der Waals surface area contributed by atoms with Gasteiger partial charge in [-0.05, 0) is 59.0 Å². The molecule has 0 aliphatic heterocycles. The van der Waals surface area contributed by atoms with E-state index in [0.717, 1.165) is 5.69 Å². The van der Waals surface area contributed by atoms with E-state index >= 15 is 0 Å². The normalized spacial score (nSPS) is 10.3. The fourth-order valence-electron chi connectivity index (χ4n) is 1.78. The van der Waals surface area contributed by atoms with E-state index in [1.807, 2.05) is 0 Å². The zero-order valence-electron chi connectivity index (χ0n) is 10.8. The van der Waals surface area contributed by atoms with Crippen molar-refractivity contribution >= 4 is 23.2 Å². The first kappa shape index (κ1) is 13.3. The summed E-state index contributed by atoms with van der Waals surface area (Å²) in [4.78, 5) is 12.1. The van der Waals surface area contributed by atoms with Crippen molar-refractivity contribution in [1.29, 1.82) is 0 Å². The van der Waals surface area contributed by atoms with Crippen molar-refractivity contribution in [3.63, 3.8) is 0 Å². The van der Waals surface area contributed by atoms with Crippen LogP contribution in [0.2, 0.25) is 5.02 Å². The maximum absolute atomic E-state index is 12.1. The zero-order valence-corrected chi connectivity index (χ0v) is 11.5. The summed E-state index contributed by atoms with van der Waals surface area (Å²) in [5.41, 5.74) is 2.01. The van der Waals surface area contributed by atoms with Crippen LogP contribution < -0.4 is 5.32 Å². The number of halogens is 1. The van der Waals surface area contributed by atoms with Crippen LogP contribution in [-0.4, -0.2) is 26.1 Å². The molecule has 1 N–H and O–H groups in total. The van der Waals surface area contributed by atoms with Gasteiger partial charge in [0.15, 0.2) is 0 Å². The van der Waals surface area contributed by atoms with Gasteiger partial charge in [-0.3, -0.25) is 4.79 Å². The number of carbonyl (C=O) groups is 1. The number of tetrazole rings is 1. The third kappa shape index (κ3) is 3.06. The zero-order chi connectivity index (χ0) is 14.7. The van der Waals surface area contributed by atoms with Crippen molar-refractivity contribution in [2.75, 3.05) is 5.32 Å². The van der Waals surface area contributed by atoms with Gasteiger partial charge in [-0.25, -0.2) is 4.68 Å². The summed E-state index contributed by atoms with van der Waals surface area (Å²) in [5, 5.41) is 14.3. The van der Waals surface area contributed by atoms with E-state index in [2.05, 4.69) is 20.8 Å². The van der Waals surface area contributed by atoms with E-state index < -0.39 is 0 Å². The van der Waals surface area contributed by atoms with Crippen LogP contribution in [0.3, 0.4) is 0 Å². The Morgan fingerprint density at radius 1 is 1.05 bits per heavy atom. The van der Waals surface area contributed by atoms with E-state index in [1.54, 1.807) is 48.5 Å². The van der Waals surface area contributed by atoms with Crippen molar-refractivity contribution < 1.29 is 4.79 Å². The SMILES string of the molecule is O=C(Nc1ccc(Cl)cc1)c1ccc(-n2cnnn2)cc1. The number of benzene rings is 2. The van der Waals surface area contributed by atoms with Crippen molar-refractivity contribution in [3.05, 3.63) is 65.4 Å². The van der Waals surface area contributed by atoms with Crippen LogP contribution in [0.1, 0.15) is 10.4 Å². The summed E-state index contributed by atoms with van der Waals surface area (Å²) in [6, 6.07) is 13.9. The van der Waals surface area contributed by atoms with Gasteiger partial charge >= 0.3 is 0 Å². The van der Waals surface area contributed by atoms with Crippen LogP contribution >= 0.6 is 11.6 Å². The number of nitrogens with one attached hydrogen (secondary N) is 1. The van der Waals surface area contributed by atoms with Gasteiger partial charge < -0.3 is 5.32 Å². The third-order valence-corrected chi connectivity index (χ3v) is 3.10. The smallest absolute Gasteiger partial charge is 0.255 e. The number of hydrogen-bond acceptors (Lipinski definition) is 4. The molecule has 2 aromatic carbocycles. The standard InChI is InChI=1S/C14H10ClN5O/c15-11-3-5-12(6-4-11)17-14(21)10-1-7-13(8-2-10)20-9-16-18-19-20/h1-9H,(H,17,21). The van der Waals surface area contributed by atoms with E-state index in [1.165, 1.54) is 11.0 Å². The highest BCUT2D eigenvalue weighted by atomic mass is 35.5. The van der Waals surface area contributed by atoms with E-state index in [-0.39, 0.29) is 5.91 Å². The Labute approximate surface area is 125 Å². The quantitative estimate of drug-likeness (QED) is 0.806. The predicted molar refractivity (Wildman–Crippen MR) is 78.6 cm³/mol. The Morgan fingerprint density at radius 2 is 1.76 bits per heavy atom. The summed E-state index contributed by atoms with van der Waals surface area (Å²) < 4.78 is 1.51. The monoisotopic (exact) mass is 299 g/mol. The lowest BCUT2D eigenvalue weighted by Crippen LogP contribution is -2.11. The van der Waals surface area contributed by atoms with Gasteiger partial charge in [-0.1, -0.05) is 11.6 Å². The van der Waals surface area contributed by atoms with Crippen LogP contribution in [0, 0.1) is 0 Å². The molecule has 7 heteroatoms. The molecule has 0 atom stereocenters. The second-order valence-corrected chi connectivity index (χ2v) is 4.70. The lowest BCUT2D eigenvalue weighted by Gasteiger charge is -2.06. The Morgan fingerprint density at radius 3 is 2.38 bits per heavy atom. The molecule has 0 radical (unpaired) electrons. The fourth-order valence-corrected chi connectivity index (χ4v) is 1.91. The maximum Gasteiger partial charge on any atom is 0.255 e. The average molecular weight is 300 g/mol. The highest BCUT2D eigenvalue weighted by Crippen LogP contribution is 2.15. The number of nitrogens with zero attached hydrogens (tertiary/aromatic N) is 4. The van der Waals surface area contributed by atoms with Crippen molar-refractivity contribution in [2.24, 2.45) is 0 Å². The van der Waals surface area contributed by atoms with E-state index in [0.29, 0.717) is 16.3 Å². The summed E-state index contributed by atoms with van der Waals surface area (Å²) in [6.07, 6.45) is 1.49. The minimum atomic E-state index is -0.194. The summed E-state index contributed by atoms with van der Waals surface area (Å²) in [7, 11) is 0. The van der Waals surface area contributed by atoms with Gasteiger partial charge in [0.1, 0.15) is 6.33 Å². The molecule has 0 aliphatic rings. The van der Waals surface area contributed by atoms with Crippen molar-refractivity contribution in [1.82, 2.24) is 20.2 Å². The molecule has 0 fully saturated rings. The van der Waals surface area contributed by atoms with E-state index in [9.17, 15) is 4.79 Å². The molecule has 6 nitrogen and oxygen atoms in total. The number of rotatable bonds is 3. The van der Waals surface area contributed by atoms with Crippen LogP contribution in [0.4, 0.5) is 5.69 Å². The van der Waals surface area contributed by atoms with Crippen molar-refractivity contribution in [2.45, 2.75) is 0 Å². The minimum absolute atomic E-state index is 0.194. The van der Waals surface area contributed by atoms with Gasteiger partial charge in [-0.2, -0.15) is 0 Å². The molecule has 21 heavy (non-hydrogen) atoms. The van der Waals surface area contributed by atoms with Gasteiger partial charge in [0.2, 0.25) is 0 Å². The highest BCUT2D eigenvalue weighted by Gasteiger charge is 2.06. The molecule has 0 saturated heterocycles. The summed E-state index contributed by atoms with van der Waals surface area (Å²) in [6.45, 7) is 0. The summed E-state index contributed by atoms with van der Waals surface area (Å²) in [5.74, 6) is -0.194. The van der Waals surface area contributed by atoms with Crippen LogP contribution in [0.15, 0.2) is 54.9 Å². The number of amides is 1. The average Bonchev–Trinajstić information content (AvgIpc) is 3.04. The molecule has 1 heterocycles. The fraction of sp³-hybridized carbons (Fsp3) is 0. The first-order valence-corrected chi connectivity index (χ1v) is 6.50. The number of hydrogen-bond donors (Lipinski definition) is 1. The van der Waals surface area contributed by atoms with Gasteiger partial charge in [-0.15, -0.1) is 5.10 Å². The Hall–Kier alpha value is -2.73. The van der Waals surface area contributed by atoms with Crippen LogP contribution in [0.25, 0.3) is 5.69 Å². The molecule has 0 spiro atoms. The minimum Gasteiger partial charge on any atom is -0.322 e. The molecule has 0 unspecified atom stereocenters. The molecular formula is C14H10ClN5O. The molecule has 104 valence electrons. The molecule has 3 aromatic rings. The largest absolute Gasteiger partial charge is 0.322 e. The summed E-state index contributed by atoms with van der Waals surface area (Å²) >= 11 is 5.80.